The Morgan fingerprint density at radius 1 is 0.923 bits per heavy atom. The maximum atomic E-state index is 13.8. The minimum atomic E-state index is -0.293. The number of nitrogens with zero attached hydrogens (tertiary/aromatic N) is 2. The van der Waals surface area contributed by atoms with Gasteiger partial charge < -0.3 is 15.2 Å². The lowest BCUT2D eigenvalue weighted by Gasteiger charge is -2.22. The number of benzene rings is 2. The molecule has 0 saturated heterocycles. The van der Waals surface area contributed by atoms with Gasteiger partial charge in [-0.05, 0) is 42.7 Å². The molecule has 0 aliphatic heterocycles. The first-order chi connectivity index (χ1) is 12.6. The van der Waals surface area contributed by atoms with Crippen LogP contribution in [0.2, 0.25) is 0 Å². The number of aryl methyl sites for hydroxylation is 1. The van der Waals surface area contributed by atoms with Gasteiger partial charge in [0, 0.05) is 22.8 Å². The number of anilines is 1. The minimum Gasteiger partial charge on any atom is -0.497 e. The van der Waals surface area contributed by atoms with E-state index in [-0.39, 0.29) is 11.8 Å². The van der Waals surface area contributed by atoms with Crippen molar-refractivity contribution in [1.29, 1.82) is 0 Å². The van der Waals surface area contributed by atoms with E-state index in [4.69, 9.17) is 15.2 Å². The summed E-state index contributed by atoms with van der Waals surface area (Å²) in [6, 6.07) is 10.3. The fourth-order valence-electron chi connectivity index (χ4n) is 3.39. The second-order valence-electron chi connectivity index (χ2n) is 6.16. The lowest BCUT2D eigenvalue weighted by Crippen LogP contribution is -2.11. The number of ether oxygens (including phenoxy) is 2. The summed E-state index contributed by atoms with van der Waals surface area (Å²) in [4.78, 5) is 8.87. The van der Waals surface area contributed by atoms with Gasteiger partial charge in [0.2, 0.25) is 5.95 Å². The van der Waals surface area contributed by atoms with Crippen molar-refractivity contribution in [3.05, 3.63) is 53.3 Å². The predicted octanol–water partition coefficient (Wildman–Crippen LogP) is 3.65. The zero-order valence-electron chi connectivity index (χ0n) is 14.5. The summed E-state index contributed by atoms with van der Waals surface area (Å²) >= 11 is 0. The Morgan fingerprint density at radius 2 is 1.62 bits per heavy atom. The summed E-state index contributed by atoms with van der Waals surface area (Å²) in [5, 5.41) is 0. The highest BCUT2D eigenvalue weighted by molar-refractivity contribution is 5.79. The molecule has 4 rings (SSSR count). The van der Waals surface area contributed by atoms with Crippen LogP contribution in [0, 0.1) is 5.82 Å². The number of nitrogen functional groups attached to an aromatic ring is 1. The summed E-state index contributed by atoms with van der Waals surface area (Å²) in [6.45, 7) is 0. The molecule has 1 aliphatic carbocycles. The van der Waals surface area contributed by atoms with Crippen molar-refractivity contribution in [2.45, 2.75) is 12.8 Å². The van der Waals surface area contributed by atoms with Crippen LogP contribution in [0.3, 0.4) is 0 Å². The summed E-state index contributed by atoms with van der Waals surface area (Å²) in [6.07, 6.45) is 1.55. The standard InChI is InChI=1S/C20H18FN3O2/c1-25-14-7-12(8-15(10-14)26-2)18-16-6-4-11-3-5-13(21)9-17(11)19(16)24-20(22)23-18/h3,5,7-10H,4,6H2,1-2H3,(H2,22,23,24). The van der Waals surface area contributed by atoms with Crippen LogP contribution in [0.1, 0.15) is 11.1 Å². The van der Waals surface area contributed by atoms with Crippen LogP contribution < -0.4 is 15.2 Å². The van der Waals surface area contributed by atoms with E-state index in [2.05, 4.69) is 9.97 Å². The van der Waals surface area contributed by atoms with E-state index in [1.54, 1.807) is 26.4 Å². The number of hydrogen-bond acceptors (Lipinski definition) is 5. The Hall–Kier alpha value is -3.15. The summed E-state index contributed by atoms with van der Waals surface area (Å²) in [5.41, 5.74) is 11.0. The molecule has 132 valence electrons. The molecule has 0 fully saturated rings. The van der Waals surface area contributed by atoms with E-state index in [0.717, 1.165) is 40.8 Å². The molecule has 2 aromatic carbocycles. The average molecular weight is 351 g/mol. The first-order valence-corrected chi connectivity index (χ1v) is 8.27. The molecule has 0 amide bonds. The van der Waals surface area contributed by atoms with E-state index in [9.17, 15) is 4.39 Å². The fourth-order valence-corrected chi connectivity index (χ4v) is 3.39. The van der Waals surface area contributed by atoms with Crippen molar-refractivity contribution < 1.29 is 13.9 Å². The number of aromatic nitrogens is 2. The molecule has 1 aliphatic rings. The third-order valence-electron chi connectivity index (χ3n) is 4.62. The lowest BCUT2D eigenvalue weighted by atomic mass is 9.87. The molecule has 6 heteroatoms. The molecule has 0 saturated carbocycles. The number of nitrogens with two attached hydrogens (primary N) is 1. The smallest absolute Gasteiger partial charge is 0.221 e. The van der Waals surface area contributed by atoms with Gasteiger partial charge in [0.1, 0.15) is 17.3 Å². The van der Waals surface area contributed by atoms with E-state index in [1.807, 2.05) is 12.1 Å². The zero-order chi connectivity index (χ0) is 18.3. The van der Waals surface area contributed by atoms with E-state index < -0.39 is 0 Å². The number of halogens is 1. The van der Waals surface area contributed by atoms with Crippen molar-refractivity contribution in [2.24, 2.45) is 0 Å². The Bertz CT molecular complexity index is 982. The highest BCUT2D eigenvalue weighted by atomic mass is 19.1. The lowest BCUT2D eigenvalue weighted by molar-refractivity contribution is 0.394. The number of hydrogen-bond donors (Lipinski definition) is 1. The van der Waals surface area contributed by atoms with Gasteiger partial charge in [0.05, 0.1) is 25.6 Å². The third kappa shape index (κ3) is 2.73. The van der Waals surface area contributed by atoms with Crippen molar-refractivity contribution in [1.82, 2.24) is 9.97 Å². The van der Waals surface area contributed by atoms with E-state index in [1.165, 1.54) is 12.1 Å². The Morgan fingerprint density at radius 3 is 2.31 bits per heavy atom. The number of rotatable bonds is 3. The Labute approximate surface area is 150 Å². The highest BCUT2D eigenvalue weighted by Gasteiger charge is 2.23. The summed E-state index contributed by atoms with van der Waals surface area (Å²) in [7, 11) is 3.20. The number of methoxy groups -OCH3 is 2. The molecule has 26 heavy (non-hydrogen) atoms. The summed E-state index contributed by atoms with van der Waals surface area (Å²) < 4.78 is 24.5. The third-order valence-corrected chi connectivity index (χ3v) is 4.62. The van der Waals surface area contributed by atoms with Crippen LogP contribution in [0.5, 0.6) is 11.5 Å². The minimum absolute atomic E-state index is 0.151. The molecule has 3 aromatic rings. The van der Waals surface area contributed by atoms with Crippen LogP contribution in [0.25, 0.3) is 22.5 Å². The first kappa shape index (κ1) is 16.3. The van der Waals surface area contributed by atoms with Gasteiger partial charge in [-0.1, -0.05) is 6.07 Å². The molecule has 5 nitrogen and oxygen atoms in total. The molecule has 0 radical (unpaired) electrons. The van der Waals surface area contributed by atoms with Crippen LogP contribution in [-0.2, 0) is 12.8 Å². The van der Waals surface area contributed by atoms with E-state index >= 15 is 0 Å². The van der Waals surface area contributed by atoms with Gasteiger partial charge in [0.25, 0.3) is 0 Å². The first-order valence-electron chi connectivity index (χ1n) is 8.27. The normalized spacial score (nSPS) is 12.3. The van der Waals surface area contributed by atoms with Gasteiger partial charge in [-0.2, -0.15) is 0 Å². The Balaban J connectivity index is 1.96. The topological polar surface area (TPSA) is 70.3 Å². The van der Waals surface area contributed by atoms with E-state index in [0.29, 0.717) is 17.2 Å². The monoisotopic (exact) mass is 351 g/mol. The second kappa shape index (κ2) is 6.29. The number of fused-ring (bicyclic) bond motifs is 3. The second-order valence-corrected chi connectivity index (χ2v) is 6.16. The maximum absolute atomic E-state index is 13.8. The Kier molecular flexibility index (Phi) is 3.95. The van der Waals surface area contributed by atoms with Gasteiger partial charge in [-0.3, -0.25) is 0 Å². The molecule has 1 aromatic heterocycles. The SMILES string of the molecule is COc1cc(OC)cc(-c2nc(N)nc3c2CCc2ccc(F)cc2-3)c1. The predicted molar refractivity (Wildman–Crippen MR) is 97.8 cm³/mol. The zero-order valence-corrected chi connectivity index (χ0v) is 14.5. The molecule has 0 spiro atoms. The van der Waals surface area contributed by atoms with Crippen molar-refractivity contribution in [3.63, 3.8) is 0 Å². The fraction of sp³-hybridized carbons (Fsp3) is 0.200. The van der Waals surface area contributed by atoms with Crippen molar-refractivity contribution >= 4 is 5.95 Å². The van der Waals surface area contributed by atoms with Crippen LogP contribution in [-0.4, -0.2) is 24.2 Å². The van der Waals surface area contributed by atoms with Gasteiger partial charge in [-0.15, -0.1) is 0 Å². The molecule has 0 bridgehead atoms. The molecule has 1 heterocycles. The van der Waals surface area contributed by atoms with Crippen molar-refractivity contribution in [3.8, 4) is 34.0 Å². The van der Waals surface area contributed by atoms with Gasteiger partial charge in [0.15, 0.2) is 0 Å². The maximum Gasteiger partial charge on any atom is 0.221 e. The quantitative estimate of drug-likeness (QED) is 0.780. The highest BCUT2D eigenvalue weighted by Crippen LogP contribution is 2.39. The molecule has 2 N–H and O–H groups in total. The van der Waals surface area contributed by atoms with Crippen LogP contribution in [0.15, 0.2) is 36.4 Å². The molecular formula is C20H18FN3O2. The van der Waals surface area contributed by atoms with Gasteiger partial charge >= 0.3 is 0 Å². The molecule has 0 atom stereocenters. The average Bonchev–Trinajstić information content (AvgIpc) is 2.66. The van der Waals surface area contributed by atoms with Crippen LogP contribution >= 0.6 is 0 Å². The molecule has 0 unspecified atom stereocenters. The summed E-state index contributed by atoms with van der Waals surface area (Å²) in [5.74, 6) is 1.18. The largest absolute Gasteiger partial charge is 0.497 e. The van der Waals surface area contributed by atoms with Gasteiger partial charge in [-0.25, -0.2) is 14.4 Å². The van der Waals surface area contributed by atoms with Crippen LogP contribution in [0.4, 0.5) is 10.3 Å². The van der Waals surface area contributed by atoms with Crippen molar-refractivity contribution in [2.75, 3.05) is 20.0 Å². The molecular weight excluding hydrogens is 333 g/mol.